The van der Waals surface area contributed by atoms with Gasteiger partial charge in [-0.2, -0.15) is 0 Å². The number of nitrogens with two attached hydrogens (primary N) is 1. The molecular weight excluding hydrogens is 188 g/mol. The highest BCUT2D eigenvalue weighted by atomic mass is 15.0. The van der Waals surface area contributed by atoms with Gasteiger partial charge in [0.05, 0.1) is 6.20 Å². The van der Waals surface area contributed by atoms with Crippen LogP contribution in [0.25, 0.3) is 11.2 Å². The minimum atomic E-state index is 0.0737. The van der Waals surface area contributed by atoms with Crippen LogP contribution in [0.15, 0.2) is 18.5 Å². The molecule has 15 heavy (non-hydrogen) atoms. The maximum absolute atomic E-state index is 5.53. The van der Waals surface area contributed by atoms with Gasteiger partial charge in [0, 0.05) is 6.20 Å². The van der Waals surface area contributed by atoms with E-state index in [1.165, 1.54) is 0 Å². The summed E-state index contributed by atoms with van der Waals surface area (Å²) in [4.78, 5) is 12.6. The molecule has 2 N–H and O–H groups in total. The summed E-state index contributed by atoms with van der Waals surface area (Å²) in [6, 6.07) is 2.01. The summed E-state index contributed by atoms with van der Waals surface area (Å²) in [5.74, 6) is 0.401. The zero-order valence-corrected chi connectivity index (χ0v) is 9.15. The van der Waals surface area contributed by atoms with Gasteiger partial charge in [-0.05, 0) is 17.0 Å². The molecular formula is C11H14N4. The zero-order valence-electron chi connectivity index (χ0n) is 9.15. The van der Waals surface area contributed by atoms with E-state index in [0.717, 1.165) is 11.1 Å². The molecule has 2 heterocycles. The number of hydrogen-bond acceptors (Lipinski definition) is 4. The van der Waals surface area contributed by atoms with Crippen molar-refractivity contribution >= 4 is 17.0 Å². The number of nitrogen functional groups attached to an aromatic ring is 1. The largest absolute Gasteiger partial charge is 0.382 e. The second-order valence-electron chi connectivity index (χ2n) is 4.61. The first-order chi connectivity index (χ1) is 6.97. The first-order valence-corrected chi connectivity index (χ1v) is 4.85. The molecule has 0 aliphatic rings. The van der Waals surface area contributed by atoms with Gasteiger partial charge in [0.1, 0.15) is 11.3 Å². The molecule has 78 valence electrons. The third kappa shape index (κ3) is 1.88. The summed E-state index contributed by atoms with van der Waals surface area (Å²) in [5.41, 5.74) is 8.14. The summed E-state index contributed by atoms with van der Waals surface area (Å²) < 4.78 is 0. The first-order valence-electron chi connectivity index (χ1n) is 4.85. The Balaban J connectivity index is 2.62. The second-order valence-corrected chi connectivity index (χ2v) is 4.61. The van der Waals surface area contributed by atoms with E-state index in [2.05, 4.69) is 35.7 Å². The van der Waals surface area contributed by atoms with E-state index in [1.807, 2.05) is 12.3 Å². The van der Waals surface area contributed by atoms with Crippen molar-refractivity contribution in [3.63, 3.8) is 0 Å². The van der Waals surface area contributed by atoms with Crippen LogP contribution in [0.3, 0.4) is 0 Å². The monoisotopic (exact) mass is 202 g/mol. The van der Waals surface area contributed by atoms with Crippen LogP contribution < -0.4 is 5.73 Å². The van der Waals surface area contributed by atoms with E-state index in [0.29, 0.717) is 11.5 Å². The number of aromatic nitrogens is 3. The maximum Gasteiger partial charge on any atom is 0.180 e. The van der Waals surface area contributed by atoms with Gasteiger partial charge in [0.15, 0.2) is 5.65 Å². The minimum Gasteiger partial charge on any atom is -0.382 e. The summed E-state index contributed by atoms with van der Waals surface area (Å²) in [6.07, 6.45) is 3.38. The Hall–Kier alpha value is -1.71. The fourth-order valence-corrected chi connectivity index (χ4v) is 1.32. The lowest BCUT2D eigenvalue weighted by atomic mass is 9.88. The SMILES string of the molecule is CC(C)(C)c1cnc2nc(N)cnc2c1. The Morgan fingerprint density at radius 3 is 2.53 bits per heavy atom. The smallest absolute Gasteiger partial charge is 0.180 e. The van der Waals surface area contributed by atoms with Crippen molar-refractivity contribution in [2.75, 3.05) is 5.73 Å². The number of nitrogens with zero attached hydrogens (tertiary/aromatic N) is 3. The molecule has 2 rings (SSSR count). The standard InChI is InChI=1S/C11H14N4/c1-11(2,3)7-4-8-10(14-5-7)15-9(12)6-13-8/h4-6H,1-3H3,(H2,12,14,15). The molecule has 4 nitrogen and oxygen atoms in total. The van der Waals surface area contributed by atoms with Crippen LogP contribution in [0, 0.1) is 0 Å². The predicted molar refractivity (Wildman–Crippen MR) is 60.4 cm³/mol. The molecule has 0 unspecified atom stereocenters. The third-order valence-electron chi connectivity index (χ3n) is 2.28. The molecule has 2 aromatic heterocycles. The van der Waals surface area contributed by atoms with Crippen molar-refractivity contribution in [1.82, 2.24) is 15.0 Å². The molecule has 4 heteroatoms. The van der Waals surface area contributed by atoms with Gasteiger partial charge in [-0.25, -0.2) is 15.0 Å². The van der Waals surface area contributed by atoms with Crippen molar-refractivity contribution in [3.8, 4) is 0 Å². The molecule has 0 aliphatic carbocycles. The van der Waals surface area contributed by atoms with E-state index < -0.39 is 0 Å². The van der Waals surface area contributed by atoms with Crippen molar-refractivity contribution < 1.29 is 0 Å². The van der Waals surface area contributed by atoms with Crippen LogP contribution in [0.1, 0.15) is 26.3 Å². The molecule has 0 saturated carbocycles. The average Bonchev–Trinajstić information content (AvgIpc) is 2.15. The van der Waals surface area contributed by atoms with Gasteiger partial charge in [0.25, 0.3) is 0 Å². The number of anilines is 1. The molecule has 0 saturated heterocycles. The van der Waals surface area contributed by atoms with Crippen LogP contribution in [0.4, 0.5) is 5.82 Å². The van der Waals surface area contributed by atoms with E-state index in [4.69, 9.17) is 5.73 Å². The predicted octanol–water partition coefficient (Wildman–Crippen LogP) is 1.90. The second kappa shape index (κ2) is 3.15. The first kappa shape index (κ1) is 9.83. The molecule has 2 aromatic rings. The van der Waals surface area contributed by atoms with Crippen molar-refractivity contribution in [1.29, 1.82) is 0 Å². The highest BCUT2D eigenvalue weighted by Crippen LogP contribution is 2.23. The summed E-state index contributed by atoms with van der Waals surface area (Å²) in [6.45, 7) is 6.42. The van der Waals surface area contributed by atoms with Crippen molar-refractivity contribution in [2.24, 2.45) is 0 Å². The van der Waals surface area contributed by atoms with Gasteiger partial charge in [-0.15, -0.1) is 0 Å². The Labute approximate surface area is 88.6 Å². The van der Waals surface area contributed by atoms with Crippen LogP contribution in [-0.4, -0.2) is 15.0 Å². The number of hydrogen-bond donors (Lipinski definition) is 1. The van der Waals surface area contributed by atoms with Crippen molar-refractivity contribution in [3.05, 3.63) is 24.0 Å². The van der Waals surface area contributed by atoms with Gasteiger partial charge in [-0.3, -0.25) is 0 Å². The van der Waals surface area contributed by atoms with Gasteiger partial charge < -0.3 is 5.73 Å². The quantitative estimate of drug-likeness (QED) is 0.708. The van der Waals surface area contributed by atoms with E-state index in [1.54, 1.807) is 6.20 Å². The van der Waals surface area contributed by atoms with Crippen LogP contribution in [0.2, 0.25) is 0 Å². The lowest BCUT2D eigenvalue weighted by Crippen LogP contribution is -2.11. The fourth-order valence-electron chi connectivity index (χ4n) is 1.32. The van der Waals surface area contributed by atoms with E-state index in [9.17, 15) is 0 Å². The maximum atomic E-state index is 5.53. The fraction of sp³-hybridized carbons (Fsp3) is 0.364. The van der Waals surface area contributed by atoms with Gasteiger partial charge in [-0.1, -0.05) is 20.8 Å². The molecule has 0 amide bonds. The Bertz CT molecular complexity index is 499. The zero-order chi connectivity index (χ0) is 11.1. The summed E-state index contributed by atoms with van der Waals surface area (Å²) in [7, 11) is 0. The van der Waals surface area contributed by atoms with Crippen LogP contribution in [0.5, 0.6) is 0 Å². The Morgan fingerprint density at radius 1 is 1.13 bits per heavy atom. The number of fused-ring (bicyclic) bond motifs is 1. The average molecular weight is 202 g/mol. The normalized spacial score (nSPS) is 11.9. The minimum absolute atomic E-state index is 0.0737. The summed E-state index contributed by atoms with van der Waals surface area (Å²) in [5, 5.41) is 0. The highest BCUT2D eigenvalue weighted by molar-refractivity contribution is 5.71. The van der Waals surface area contributed by atoms with Crippen LogP contribution in [-0.2, 0) is 5.41 Å². The molecule has 0 fully saturated rings. The molecule has 0 bridgehead atoms. The summed E-state index contributed by atoms with van der Waals surface area (Å²) >= 11 is 0. The van der Waals surface area contributed by atoms with Gasteiger partial charge >= 0.3 is 0 Å². The lowest BCUT2D eigenvalue weighted by molar-refractivity contribution is 0.588. The molecule has 0 spiro atoms. The number of pyridine rings is 1. The highest BCUT2D eigenvalue weighted by Gasteiger charge is 2.14. The number of rotatable bonds is 0. The Kier molecular flexibility index (Phi) is 2.07. The molecule has 0 radical (unpaired) electrons. The van der Waals surface area contributed by atoms with Crippen molar-refractivity contribution in [2.45, 2.75) is 26.2 Å². The molecule has 0 aromatic carbocycles. The lowest BCUT2D eigenvalue weighted by Gasteiger charge is -2.18. The van der Waals surface area contributed by atoms with E-state index >= 15 is 0 Å². The third-order valence-corrected chi connectivity index (χ3v) is 2.28. The molecule has 0 atom stereocenters. The van der Waals surface area contributed by atoms with E-state index in [-0.39, 0.29) is 5.41 Å². The van der Waals surface area contributed by atoms with Crippen LogP contribution >= 0.6 is 0 Å². The topological polar surface area (TPSA) is 64.7 Å². The van der Waals surface area contributed by atoms with Gasteiger partial charge in [0.2, 0.25) is 0 Å². The molecule has 0 aliphatic heterocycles. The Morgan fingerprint density at radius 2 is 1.87 bits per heavy atom.